The molecular weight excluding hydrogens is 511 g/mol. The summed E-state index contributed by atoms with van der Waals surface area (Å²) in [4.78, 5) is 0. The number of hydrogen-bond acceptors (Lipinski definition) is 3. The smallest absolute Gasteiger partial charge is 0.312 e. The third kappa shape index (κ3) is 16.3. The van der Waals surface area contributed by atoms with Gasteiger partial charge in [0.1, 0.15) is 0 Å². The summed E-state index contributed by atoms with van der Waals surface area (Å²) in [7, 11) is -1.24. The summed E-state index contributed by atoms with van der Waals surface area (Å²) in [5, 5.41) is 0. The van der Waals surface area contributed by atoms with Crippen LogP contribution in [0.1, 0.15) is 93.7 Å². The van der Waals surface area contributed by atoms with Crippen LogP contribution in [0.4, 0.5) is 0 Å². The van der Waals surface area contributed by atoms with Gasteiger partial charge in [0.2, 0.25) is 0 Å². The highest BCUT2D eigenvalue weighted by atomic mass is 31.2. The highest BCUT2D eigenvalue weighted by molar-refractivity contribution is 7.41. The van der Waals surface area contributed by atoms with E-state index < -0.39 is 8.60 Å². The van der Waals surface area contributed by atoms with Crippen molar-refractivity contribution < 1.29 is 13.6 Å². The SMILES string of the molecule is c1ccc(CCCCCCOP(OCCCCCCc2ccccc2)OCCCCCCc2ccccc2)cc1. The summed E-state index contributed by atoms with van der Waals surface area (Å²) in [6.45, 7) is 2.18. The average molecular weight is 563 g/mol. The van der Waals surface area contributed by atoms with E-state index in [0.29, 0.717) is 0 Å². The van der Waals surface area contributed by atoms with Crippen LogP contribution in [0.15, 0.2) is 91.0 Å². The van der Waals surface area contributed by atoms with E-state index in [9.17, 15) is 0 Å². The van der Waals surface area contributed by atoms with Crippen LogP contribution in [0, 0.1) is 0 Å². The summed E-state index contributed by atoms with van der Waals surface area (Å²) in [6.07, 6.45) is 17.7. The van der Waals surface area contributed by atoms with Crippen molar-refractivity contribution in [2.75, 3.05) is 19.8 Å². The monoisotopic (exact) mass is 562 g/mol. The van der Waals surface area contributed by atoms with Gasteiger partial charge in [-0.3, -0.25) is 0 Å². The lowest BCUT2D eigenvalue weighted by Gasteiger charge is -2.17. The molecule has 0 saturated carbocycles. The van der Waals surface area contributed by atoms with Crippen LogP contribution >= 0.6 is 8.60 Å². The van der Waals surface area contributed by atoms with E-state index in [1.165, 1.54) is 74.5 Å². The molecule has 0 N–H and O–H groups in total. The molecule has 0 aliphatic carbocycles. The van der Waals surface area contributed by atoms with Gasteiger partial charge in [0.15, 0.2) is 0 Å². The van der Waals surface area contributed by atoms with Gasteiger partial charge >= 0.3 is 8.60 Å². The Morgan fingerprint density at radius 1 is 0.325 bits per heavy atom. The Bertz CT molecular complexity index is 824. The first-order chi connectivity index (χ1) is 19.9. The molecule has 4 heteroatoms. The second-order valence-electron chi connectivity index (χ2n) is 10.7. The molecule has 0 atom stereocenters. The average Bonchev–Trinajstić information content (AvgIpc) is 3.00. The predicted molar refractivity (Wildman–Crippen MR) is 171 cm³/mol. The van der Waals surface area contributed by atoms with Crippen molar-refractivity contribution in [3.05, 3.63) is 108 Å². The lowest BCUT2D eigenvalue weighted by molar-refractivity contribution is 0.154. The Labute approximate surface area is 245 Å². The molecular formula is C36H51O3P. The zero-order chi connectivity index (χ0) is 27.8. The number of rotatable bonds is 24. The summed E-state index contributed by atoms with van der Waals surface area (Å²) in [6, 6.07) is 32.3. The molecule has 0 bridgehead atoms. The van der Waals surface area contributed by atoms with E-state index in [1.807, 2.05) is 0 Å². The lowest BCUT2D eigenvalue weighted by Crippen LogP contribution is -2.01. The van der Waals surface area contributed by atoms with E-state index in [1.54, 1.807) is 0 Å². The van der Waals surface area contributed by atoms with Gasteiger partial charge in [0.05, 0.1) is 19.8 Å². The van der Waals surface area contributed by atoms with Crippen molar-refractivity contribution in [3.63, 3.8) is 0 Å². The van der Waals surface area contributed by atoms with E-state index in [0.717, 1.165) is 58.3 Å². The standard InChI is InChI=1S/C36H51O3P/c1(10-22-34-25-13-7-14-26-34)4-19-31-37-40(38-32-20-5-2-11-23-35-27-15-8-16-28-35)39-33-21-6-3-12-24-36-29-17-9-18-30-36/h7-9,13-18,25-30H,1-6,10-12,19-24,31-33H2. The van der Waals surface area contributed by atoms with Crippen LogP contribution in [-0.2, 0) is 32.8 Å². The minimum atomic E-state index is -1.24. The molecule has 3 aromatic rings. The molecule has 40 heavy (non-hydrogen) atoms. The number of aryl methyl sites for hydroxylation is 3. The van der Waals surface area contributed by atoms with Crippen LogP contribution < -0.4 is 0 Å². The second kappa shape index (κ2) is 22.6. The van der Waals surface area contributed by atoms with Gasteiger partial charge in [-0.25, -0.2) is 0 Å². The molecule has 0 aliphatic rings. The lowest BCUT2D eigenvalue weighted by atomic mass is 10.1. The van der Waals surface area contributed by atoms with Crippen LogP contribution in [0.5, 0.6) is 0 Å². The largest absolute Gasteiger partial charge is 0.332 e. The van der Waals surface area contributed by atoms with Gasteiger partial charge in [-0.1, -0.05) is 130 Å². The molecule has 0 amide bonds. The van der Waals surface area contributed by atoms with Crippen LogP contribution in [0.25, 0.3) is 0 Å². The third-order valence-electron chi connectivity index (χ3n) is 7.20. The number of hydrogen-bond donors (Lipinski definition) is 0. The van der Waals surface area contributed by atoms with Crippen molar-refractivity contribution in [2.45, 2.75) is 96.3 Å². The van der Waals surface area contributed by atoms with Gasteiger partial charge in [0, 0.05) is 0 Å². The zero-order valence-electron chi connectivity index (χ0n) is 24.6. The van der Waals surface area contributed by atoms with Gasteiger partial charge < -0.3 is 13.6 Å². The molecule has 0 aliphatic heterocycles. The Balaban J connectivity index is 1.23. The molecule has 3 nitrogen and oxygen atoms in total. The molecule has 0 fully saturated rings. The molecule has 0 aromatic heterocycles. The Hall–Kier alpha value is -2.03. The molecule has 0 radical (unpaired) electrons. The highest BCUT2D eigenvalue weighted by Crippen LogP contribution is 2.40. The second-order valence-corrected chi connectivity index (χ2v) is 11.9. The van der Waals surface area contributed by atoms with Crippen molar-refractivity contribution in [3.8, 4) is 0 Å². The maximum atomic E-state index is 6.10. The Kier molecular flexibility index (Phi) is 18.4. The van der Waals surface area contributed by atoms with Crippen LogP contribution in [-0.4, -0.2) is 19.8 Å². The van der Waals surface area contributed by atoms with Crippen molar-refractivity contribution in [2.24, 2.45) is 0 Å². The third-order valence-corrected chi connectivity index (χ3v) is 8.38. The van der Waals surface area contributed by atoms with Crippen molar-refractivity contribution >= 4 is 8.60 Å². The summed E-state index contributed by atoms with van der Waals surface area (Å²) in [5.41, 5.74) is 4.30. The predicted octanol–water partition coefficient (Wildman–Crippen LogP) is 10.7. The molecule has 0 saturated heterocycles. The van der Waals surface area contributed by atoms with Crippen LogP contribution in [0.3, 0.4) is 0 Å². The fourth-order valence-electron chi connectivity index (χ4n) is 4.82. The first-order valence-corrected chi connectivity index (χ1v) is 16.8. The topological polar surface area (TPSA) is 27.7 Å². The Morgan fingerprint density at radius 3 is 0.900 bits per heavy atom. The number of benzene rings is 3. The van der Waals surface area contributed by atoms with E-state index in [2.05, 4.69) is 91.0 Å². The van der Waals surface area contributed by atoms with Gasteiger partial charge in [-0.15, -0.1) is 0 Å². The molecule has 0 spiro atoms. The number of unbranched alkanes of at least 4 members (excludes halogenated alkanes) is 9. The zero-order valence-corrected chi connectivity index (χ0v) is 25.5. The minimum Gasteiger partial charge on any atom is -0.312 e. The van der Waals surface area contributed by atoms with Crippen molar-refractivity contribution in [1.82, 2.24) is 0 Å². The first-order valence-electron chi connectivity index (χ1n) is 15.7. The minimum absolute atomic E-state index is 0.727. The fraction of sp³-hybridized carbons (Fsp3) is 0.500. The normalized spacial score (nSPS) is 11.3. The summed E-state index contributed by atoms with van der Waals surface area (Å²) in [5.74, 6) is 0. The molecule has 3 rings (SSSR count). The fourth-order valence-corrected chi connectivity index (χ4v) is 5.88. The highest BCUT2D eigenvalue weighted by Gasteiger charge is 2.12. The molecule has 0 unspecified atom stereocenters. The molecule has 3 aromatic carbocycles. The molecule has 0 heterocycles. The van der Waals surface area contributed by atoms with Crippen LogP contribution in [0.2, 0.25) is 0 Å². The van der Waals surface area contributed by atoms with Gasteiger partial charge in [-0.05, 0) is 74.5 Å². The van der Waals surface area contributed by atoms with Crippen molar-refractivity contribution in [1.29, 1.82) is 0 Å². The Morgan fingerprint density at radius 2 is 0.600 bits per heavy atom. The summed E-state index contributed by atoms with van der Waals surface area (Å²) >= 11 is 0. The first kappa shape index (κ1) is 32.5. The summed E-state index contributed by atoms with van der Waals surface area (Å²) < 4.78 is 18.3. The van der Waals surface area contributed by atoms with E-state index in [4.69, 9.17) is 13.6 Å². The quantitative estimate of drug-likeness (QED) is 0.0803. The van der Waals surface area contributed by atoms with E-state index >= 15 is 0 Å². The maximum Gasteiger partial charge on any atom is 0.332 e. The molecule has 218 valence electrons. The van der Waals surface area contributed by atoms with Gasteiger partial charge in [0.25, 0.3) is 0 Å². The van der Waals surface area contributed by atoms with Gasteiger partial charge in [-0.2, -0.15) is 0 Å². The van der Waals surface area contributed by atoms with E-state index in [-0.39, 0.29) is 0 Å². The maximum absolute atomic E-state index is 6.10.